The van der Waals surface area contributed by atoms with Crippen molar-refractivity contribution in [3.05, 3.63) is 29.3 Å². The minimum Gasteiger partial charge on any atom is -0.464 e. The molecule has 0 aliphatic heterocycles. The largest absolute Gasteiger partial charge is 0.464 e. The number of rotatable bonds is 5. The Morgan fingerprint density at radius 3 is 2.46 bits per heavy atom. The number of amides is 2. The maximum Gasteiger partial charge on any atom is 0.331 e. The molecule has 1 saturated carbocycles. The van der Waals surface area contributed by atoms with E-state index in [2.05, 4.69) is 10.6 Å². The zero-order valence-electron chi connectivity index (χ0n) is 14.4. The topological polar surface area (TPSA) is 84.5 Å². The summed E-state index contributed by atoms with van der Waals surface area (Å²) in [6.45, 7) is 5.31. The van der Waals surface area contributed by atoms with E-state index in [0.29, 0.717) is 24.1 Å². The number of hydrogen-bond donors (Lipinski definition) is 2. The third kappa shape index (κ3) is 3.93. The molecular formula is C18H24N2O4. The minimum atomic E-state index is -0.938. The third-order valence-corrected chi connectivity index (χ3v) is 4.29. The van der Waals surface area contributed by atoms with Crippen molar-refractivity contribution in [2.45, 2.75) is 52.0 Å². The third-order valence-electron chi connectivity index (χ3n) is 4.29. The molecule has 6 heteroatoms. The van der Waals surface area contributed by atoms with Crippen LogP contribution in [-0.2, 0) is 14.3 Å². The molecule has 1 fully saturated rings. The van der Waals surface area contributed by atoms with E-state index in [-0.39, 0.29) is 24.4 Å². The number of esters is 1. The number of carbonyl (C=O) groups excluding carboxylic acids is 3. The number of benzene rings is 1. The van der Waals surface area contributed by atoms with Crippen molar-refractivity contribution in [2.75, 3.05) is 11.9 Å². The first-order chi connectivity index (χ1) is 11.4. The zero-order valence-corrected chi connectivity index (χ0v) is 14.4. The van der Waals surface area contributed by atoms with Crippen LogP contribution in [0.1, 0.15) is 55.5 Å². The molecule has 1 aliphatic carbocycles. The van der Waals surface area contributed by atoms with Crippen molar-refractivity contribution in [3.63, 3.8) is 0 Å². The summed E-state index contributed by atoms with van der Waals surface area (Å²) in [5.41, 5.74) is 0.918. The van der Waals surface area contributed by atoms with Crippen molar-refractivity contribution in [1.82, 2.24) is 5.32 Å². The Hall–Kier alpha value is -2.37. The normalized spacial score (nSPS) is 15.6. The fourth-order valence-corrected chi connectivity index (χ4v) is 3.00. The summed E-state index contributed by atoms with van der Waals surface area (Å²) in [5.74, 6) is -0.906. The second-order valence-electron chi connectivity index (χ2n) is 6.17. The molecule has 0 unspecified atom stereocenters. The molecule has 2 rings (SSSR count). The van der Waals surface area contributed by atoms with Crippen LogP contribution in [0.5, 0.6) is 0 Å². The molecule has 1 aromatic rings. The molecule has 1 aromatic carbocycles. The smallest absolute Gasteiger partial charge is 0.331 e. The van der Waals surface area contributed by atoms with Crippen molar-refractivity contribution in [3.8, 4) is 0 Å². The van der Waals surface area contributed by atoms with Crippen LogP contribution in [0.2, 0.25) is 0 Å². The highest BCUT2D eigenvalue weighted by atomic mass is 16.5. The first-order valence-corrected chi connectivity index (χ1v) is 8.26. The van der Waals surface area contributed by atoms with Gasteiger partial charge in [0, 0.05) is 18.2 Å². The van der Waals surface area contributed by atoms with Gasteiger partial charge in [-0.2, -0.15) is 0 Å². The van der Waals surface area contributed by atoms with E-state index in [1.807, 2.05) is 6.92 Å². The molecule has 0 bridgehead atoms. The molecule has 0 spiro atoms. The summed E-state index contributed by atoms with van der Waals surface area (Å²) >= 11 is 0. The van der Waals surface area contributed by atoms with Crippen LogP contribution in [0.4, 0.5) is 5.69 Å². The van der Waals surface area contributed by atoms with Crippen molar-refractivity contribution in [2.24, 2.45) is 0 Å². The summed E-state index contributed by atoms with van der Waals surface area (Å²) in [6.07, 6.45) is 2.93. The van der Waals surface area contributed by atoms with Gasteiger partial charge in [0.25, 0.3) is 5.91 Å². The molecule has 0 aromatic heterocycles. The molecular weight excluding hydrogens is 308 g/mol. The number of ether oxygens (including phenoxy) is 1. The summed E-state index contributed by atoms with van der Waals surface area (Å²) in [6, 6.07) is 5.08. The van der Waals surface area contributed by atoms with E-state index >= 15 is 0 Å². The van der Waals surface area contributed by atoms with Gasteiger partial charge in [-0.25, -0.2) is 4.79 Å². The molecule has 130 valence electrons. The Labute approximate surface area is 142 Å². The van der Waals surface area contributed by atoms with Gasteiger partial charge in [0.15, 0.2) is 0 Å². The lowest BCUT2D eigenvalue weighted by molar-refractivity contribution is -0.150. The molecule has 6 nitrogen and oxygen atoms in total. The van der Waals surface area contributed by atoms with Crippen LogP contribution in [0.3, 0.4) is 0 Å². The van der Waals surface area contributed by atoms with Crippen LogP contribution in [0.25, 0.3) is 0 Å². The molecule has 0 heterocycles. The van der Waals surface area contributed by atoms with Crippen LogP contribution >= 0.6 is 0 Å². The predicted octanol–water partition coefficient (Wildman–Crippen LogP) is 2.56. The standard InChI is InChI=1S/C18H24N2O4/c1-4-24-17(23)18(9-5-6-10-18)20-16(22)14-8-7-12(2)15(11-14)19-13(3)21/h7-8,11H,4-6,9-10H2,1-3H3,(H,19,21)(H,20,22). The van der Waals surface area contributed by atoms with Crippen LogP contribution < -0.4 is 10.6 Å². The maximum atomic E-state index is 12.6. The highest BCUT2D eigenvalue weighted by Crippen LogP contribution is 2.31. The Balaban J connectivity index is 2.21. The molecule has 2 amide bonds. The molecule has 0 saturated heterocycles. The van der Waals surface area contributed by atoms with Crippen LogP contribution in [0.15, 0.2) is 18.2 Å². The van der Waals surface area contributed by atoms with Crippen molar-refractivity contribution < 1.29 is 19.1 Å². The van der Waals surface area contributed by atoms with Crippen LogP contribution in [0, 0.1) is 6.92 Å². The first-order valence-electron chi connectivity index (χ1n) is 8.26. The lowest BCUT2D eigenvalue weighted by atomic mass is 9.96. The maximum absolute atomic E-state index is 12.6. The fourth-order valence-electron chi connectivity index (χ4n) is 3.00. The van der Waals surface area contributed by atoms with Gasteiger partial charge < -0.3 is 15.4 Å². The summed E-state index contributed by atoms with van der Waals surface area (Å²) < 4.78 is 5.15. The van der Waals surface area contributed by atoms with Crippen molar-refractivity contribution >= 4 is 23.5 Å². The number of anilines is 1. The Morgan fingerprint density at radius 1 is 1.21 bits per heavy atom. The molecule has 0 atom stereocenters. The quantitative estimate of drug-likeness (QED) is 0.812. The number of nitrogens with one attached hydrogen (secondary N) is 2. The van der Waals surface area contributed by atoms with E-state index in [9.17, 15) is 14.4 Å². The average Bonchev–Trinajstić information content (AvgIpc) is 2.99. The lowest BCUT2D eigenvalue weighted by Gasteiger charge is -2.28. The van der Waals surface area contributed by atoms with Gasteiger partial charge >= 0.3 is 5.97 Å². The van der Waals surface area contributed by atoms with E-state index in [0.717, 1.165) is 18.4 Å². The first kappa shape index (κ1) is 18.0. The summed E-state index contributed by atoms with van der Waals surface area (Å²) in [4.78, 5) is 36.2. The van der Waals surface area contributed by atoms with Gasteiger partial charge in [-0.05, 0) is 44.4 Å². The van der Waals surface area contributed by atoms with E-state index in [4.69, 9.17) is 4.74 Å². The van der Waals surface area contributed by atoms with E-state index in [1.165, 1.54) is 6.92 Å². The van der Waals surface area contributed by atoms with Crippen LogP contribution in [-0.4, -0.2) is 29.9 Å². The average molecular weight is 332 g/mol. The summed E-state index contributed by atoms with van der Waals surface area (Å²) in [5, 5.41) is 5.57. The van der Waals surface area contributed by atoms with E-state index in [1.54, 1.807) is 25.1 Å². The minimum absolute atomic E-state index is 0.200. The van der Waals surface area contributed by atoms with Gasteiger partial charge in [-0.1, -0.05) is 18.9 Å². The lowest BCUT2D eigenvalue weighted by Crippen LogP contribution is -2.53. The van der Waals surface area contributed by atoms with E-state index < -0.39 is 5.54 Å². The zero-order chi connectivity index (χ0) is 17.7. The predicted molar refractivity (Wildman–Crippen MR) is 90.8 cm³/mol. The number of hydrogen-bond acceptors (Lipinski definition) is 4. The fraction of sp³-hybridized carbons (Fsp3) is 0.500. The highest BCUT2D eigenvalue weighted by molar-refractivity contribution is 6.00. The van der Waals surface area contributed by atoms with Crippen molar-refractivity contribution in [1.29, 1.82) is 0 Å². The number of carbonyl (C=O) groups is 3. The molecule has 0 radical (unpaired) electrons. The molecule has 1 aliphatic rings. The summed E-state index contributed by atoms with van der Waals surface area (Å²) in [7, 11) is 0. The molecule has 24 heavy (non-hydrogen) atoms. The van der Waals surface area contributed by atoms with Gasteiger partial charge in [0.2, 0.25) is 5.91 Å². The molecule has 2 N–H and O–H groups in total. The Bertz CT molecular complexity index is 648. The Morgan fingerprint density at radius 2 is 1.88 bits per heavy atom. The number of aryl methyl sites for hydroxylation is 1. The monoisotopic (exact) mass is 332 g/mol. The second kappa shape index (κ2) is 7.47. The van der Waals surface area contributed by atoms with Gasteiger partial charge in [-0.15, -0.1) is 0 Å². The van der Waals surface area contributed by atoms with Gasteiger partial charge in [-0.3, -0.25) is 9.59 Å². The second-order valence-corrected chi connectivity index (χ2v) is 6.17. The highest BCUT2D eigenvalue weighted by Gasteiger charge is 2.44. The van der Waals surface area contributed by atoms with Gasteiger partial charge in [0.1, 0.15) is 5.54 Å². The Kier molecular flexibility index (Phi) is 5.59. The van der Waals surface area contributed by atoms with Gasteiger partial charge in [0.05, 0.1) is 6.61 Å². The SMILES string of the molecule is CCOC(=O)C1(NC(=O)c2ccc(C)c(NC(C)=O)c2)CCCC1.